The molecule has 0 bridgehead atoms. The molecule has 0 fully saturated rings. The molecule has 3 aromatic carbocycles. The molecule has 178 valence electrons. The van der Waals surface area contributed by atoms with Gasteiger partial charge in [-0.1, -0.05) is 41.9 Å². The van der Waals surface area contributed by atoms with E-state index in [0.29, 0.717) is 22.5 Å². The van der Waals surface area contributed by atoms with Gasteiger partial charge in [0.1, 0.15) is 5.82 Å². The van der Waals surface area contributed by atoms with Gasteiger partial charge in [-0.25, -0.2) is 12.8 Å². The summed E-state index contributed by atoms with van der Waals surface area (Å²) in [7, 11) is -7.53. The first kappa shape index (κ1) is 24.2. The topological polar surface area (TPSA) is 95.9 Å². The van der Waals surface area contributed by atoms with Crippen molar-refractivity contribution in [2.75, 3.05) is 10.5 Å². The Morgan fingerprint density at radius 2 is 1.74 bits per heavy atom. The third-order valence-corrected chi connectivity index (χ3v) is 8.54. The van der Waals surface area contributed by atoms with E-state index in [1.165, 1.54) is 43.3 Å². The summed E-state index contributed by atoms with van der Waals surface area (Å²) < 4.78 is 67.9. The van der Waals surface area contributed by atoms with Crippen LogP contribution in [0.3, 0.4) is 0 Å². The van der Waals surface area contributed by atoms with Gasteiger partial charge in [0.25, 0.3) is 10.0 Å². The van der Waals surface area contributed by atoms with E-state index < -0.39 is 31.9 Å². The van der Waals surface area contributed by atoms with Crippen molar-refractivity contribution < 1.29 is 21.2 Å². The molecule has 0 saturated carbocycles. The van der Waals surface area contributed by atoms with Crippen LogP contribution in [0.1, 0.15) is 30.5 Å². The minimum absolute atomic E-state index is 0.0317. The minimum Gasteiger partial charge on any atom is -0.284 e. The van der Waals surface area contributed by atoms with Gasteiger partial charge in [-0.3, -0.25) is 4.72 Å². The molecule has 11 heteroatoms. The highest BCUT2D eigenvalue weighted by Gasteiger charge is 2.38. The van der Waals surface area contributed by atoms with Crippen LogP contribution < -0.4 is 4.72 Å². The number of anilines is 1. The third-order valence-electron chi connectivity index (χ3n) is 5.32. The molecular weight excluding hydrogens is 501 g/mol. The van der Waals surface area contributed by atoms with Crippen molar-refractivity contribution in [2.24, 2.45) is 5.10 Å². The Balaban J connectivity index is 1.73. The van der Waals surface area contributed by atoms with E-state index in [9.17, 15) is 21.2 Å². The largest absolute Gasteiger partial charge is 0.284 e. The average Bonchev–Trinajstić information content (AvgIpc) is 3.26. The first-order valence-electron chi connectivity index (χ1n) is 10.3. The Morgan fingerprint density at radius 1 is 1.03 bits per heavy atom. The predicted molar refractivity (Wildman–Crippen MR) is 130 cm³/mol. The van der Waals surface area contributed by atoms with Crippen molar-refractivity contribution in [1.29, 1.82) is 0 Å². The molecule has 0 saturated heterocycles. The third kappa shape index (κ3) is 5.08. The van der Waals surface area contributed by atoms with E-state index in [4.69, 9.17) is 11.6 Å². The molecule has 0 amide bonds. The lowest BCUT2D eigenvalue weighted by atomic mass is 9.99. The average molecular weight is 522 g/mol. The number of nitrogens with one attached hydrogen (secondary N) is 1. The van der Waals surface area contributed by atoms with E-state index >= 15 is 0 Å². The molecule has 4 rings (SSSR count). The number of hydrogen-bond acceptors (Lipinski definition) is 5. The molecule has 0 radical (unpaired) electrons. The van der Waals surface area contributed by atoms with Gasteiger partial charge in [0.15, 0.2) is 0 Å². The Labute approximate surface area is 203 Å². The minimum atomic E-state index is -4.10. The summed E-state index contributed by atoms with van der Waals surface area (Å²) in [5.41, 5.74) is 1.92. The molecule has 0 aliphatic carbocycles. The molecule has 1 heterocycles. The van der Waals surface area contributed by atoms with E-state index in [-0.39, 0.29) is 22.1 Å². The van der Waals surface area contributed by atoms with Crippen molar-refractivity contribution in [3.63, 3.8) is 0 Å². The summed E-state index contributed by atoms with van der Waals surface area (Å²) in [4.78, 5) is -0.0317. The number of rotatable bonds is 7. The van der Waals surface area contributed by atoms with Gasteiger partial charge in [-0.2, -0.15) is 17.9 Å². The quantitative estimate of drug-likeness (QED) is 0.484. The Morgan fingerprint density at radius 3 is 2.38 bits per heavy atom. The summed E-state index contributed by atoms with van der Waals surface area (Å²) >= 11 is 6.01. The first-order valence-corrected chi connectivity index (χ1v) is 13.8. The lowest BCUT2D eigenvalue weighted by Crippen LogP contribution is -2.27. The molecule has 34 heavy (non-hydrogen) atoms. The van der Waals surface area contributed by atoms with Crippen LogP contribution in [0, 0.1) is 5.82 Å². The fourth-order valence-electron chi connectivity index (χ4n) is 3.56. The van der Waals surface area contributed by atoms with Gasteiger partial charge in [0, 0.05) is 17.1 Å². The van der Waals surface area contributed by atoms with E-state index in [1.807, 2.05) is 0 Å². The van der Waals surface area contributed by atoms with E-state index in [1.54, 1.807) is 36.4 Å². The number of sulfonamides is 2. The summed E-state index contributed by atoms with van der Waals surface area (Å²) in [5.74, 6) is -0.550. The van der Waals surface area contributed by atoms with Gasteiger partial charge >= 0.3 is 0 Å². The molecule has 0 aromatic heterocycles. The fraction of sp³-hybridized carbons (Fsp3) is 0.174. The maximum atomic E-state index is 14.0. The zero-order valence-corrected chi connectivity index (χ0v) is 20.4. The number of hydrazone groups is 1. The van der Waals surface area contributed by atoms with Crippen molar-refractivity contribution in [1.82, 2.24) is 4.41 Å². The highest BCUT2D eigenvalue weighted by atomic mass is 35.5. The highest BCUT2D eigenvalue weighted by molar-refractivity contribution is 7.92. The van der Waals surface area contributed by atoms with E-state index in [2.05, 4.69) is 9.82 Å². The smallest absolute Gasteiger partial charge is 0.279 e. The van der Waals surface area contributed by atoms with Crippen molar-refractivity contribution in [3.05, 3.63) is 94.8 Å². The van der Waals surface area contributed by atoms with Crippen LogP contribution in [0.4, 0.5) is 10.1 Å². The van der Waals surface area contributed by atoms with Crippen LogP contribution in [0.5, 0.6) is 0 Å². The molecule has 0 spiro atoms. The lowest BCUT2D eigenvalue weighted by molar-refractivity contribution is 0.370. The standard InChI is InChI=1S/C23H21ClFN3O4S2/c1-2-33(29,30)27-20-11-9-16(10-12-20)22-15-23(17-5-3-7-19(25)13-17)28(26-22)34(31,32)21-8-4-6-18(24)14-21/h3-14,23,27H,2,15H2,1H3. The molecule has 1 aliphatic rings. The maximum absolute atomic E-state index is 14.0. The monoisotopic (exact) mass is 521 g/mol. The lowest BCUT2D eigenvalue weighted by Gasteiger charge is -2.23. The summed E-state index contributed by atoms with van der Waals surface area (Å²) in [6, 6.07) is 17.3. The SMILES string of the molecule is CCS(=O)(=O)Nc1ccc(C2=NN(S(=O)(=O)c3cccc(Cl)c3)C(c3cccc(F)c3)C2)cc1. The number of benzene rings is 3. The van der Waals surface area contributed by atoms with Crippen molar-refractivity contribution in [2.45, 2.75) is 24.3 Å². The molecular formula is C23H21ClFN3O4S2. The molecule has 7 nitrogen and oxygen atoms in total. The second-order valence-corrected chi connectivity index (χ2v) is 11.9. The maximum Gasteiger partial charge on any atom is 0.279 e. The van der Waals surface area contributed by atoms with Crippen LogP contribution >= 0.6 is 11.6 Å². The Kier molecular flexibility index (Phi) is 6.66. The Hall–Kier alpha value is -2.95. The zero-order chi connectivity index (χ0) is 24.5. The van der Waals surface area contributed by atoms with Crippen LogP contribution in [0.25, 0.3) is 0 Å². The molecule has 1 aliphatic heterocycles. The summed E-state index contributed by atoms with van der Waals surface area (Å²) in [6.07, 6.45) is 0.198. The number of hydrogen-bond donors (Lipinski definition) is 1. The summed E-state index contributed by atoms with van der Waals surface area (Å²) in [6.45, 7) is 1.53. The predicted octanol–water partition coefficient (Wildman–Crippen LogP) is 4.78. The van der Waals surface area contributed by atoms with Crippen LogP contribution in [0.2, 0.25) is 5.02 Å². The second kappa shape index (κ2) is 9.36. The Bertz CT molecular complexity index is 1460. The second-order valence-electron chi connectivity index (χ2n) is 7.64. The van der Waals surface area contributed by atoms with Crippen molar-refractivity contribution >= 4 is 43.0 Å². The first-order chi connectivity index (χ1) is 16.1. The normalized spacial score (nSPS) is 16.4. The molecule has 1 N–H and O–H groups in total. The molecule has 3 aromatic rings. The number of halogens is 2. The van der Waals surface area contributed by atoms with Gasteiger partial charge in [-0.05, 0) is 60.5 Å². The van der Waals surface area contributed by atoms with Gasteiger partial charge in [0.2, 0.25) is 10.0 Å². The highest BCUT2D eigenvalue weighted by Crippen LogP contribution is 2.37. The van der Waals surface area contributed by atoms with Gasteiger partial charge in [0.05, 0.1) is 22.4 Å². The zero-order valence-electron chi connectivity index (χ0n) is 18.0. The fourth-order valence-corrected chi connectivity index (χ4v) is 5.94. The van der Waals surface area contributed by atoms with Gasteiger partial charge in [-0.15, -0.1) is 0 Å². The molecule has 1 unspecified atom stereocenters. The summed E-state index contributed by atoms with van der Waals surface area (Å²) in [5, 5.41) is 4.66. The van der Waals surface area contributed by atoms with Crippen molar-refractivity contribution in [3.8, 4) is 0 Å². The number of nitrogens with zero attached hydrogens (tertiary/aromatic N) is 2. The van der Waals surface area contributed by atoms with Crippen LogP contribution in [0.15, 0.2) is 82.8 Å². The van der Waals surface area contributed by atoms with Crippen LogP contribution in [-0.4, -0.2) is 32.7 Å². The van der Waals surface area contributed by atoms with Crippen LogP contribution in [-0.2, 0) is 20.0 Å². The van der Waals surface area contributed by atoms with Gasteiger partial charge < -0.3 is 0 Å². The van der Waals surface area contributed by atoms with E-state index in [0.717, 1.165) is 4.41 Å². The molecule has 1 atom stereocenters.